The second-order valence-electron chi connectivity index (χ2n) is 8.68. The maximum atomic E-state index is 15.0. The molecule has 0 saturated heterocycles. The third-order valence-electron chi connectivity index (χ3n) is 6.31. The number of ether oxygens (including phenoxy) is 1. The van der Waals surface area contributed by atoms with Crippen molar-refractivity contribution in [2.75, 3.05) is 0 Å². The molecule has 3 heterocycles. The van der Waals surface area contributed by atoms with Crippen molar-refractivity contribution >= 4 is 17.1 Å². The molecule has 0 spiro atoms. The molecule has 0 aliphatic carbocycles. The summed E-state index contributed by atoms with van der Waals surface area (Å²) >= 11 is 0. The molecule has 0 unspecified atom stereocenters. The molecule has 2 aromatic carbocycles. The van der Waals surface area contributed by atoms with Crippen LogP contribution < -0.4 is 10.3 Å². The third kappa shape index (κ3) is 4.24. The maximum absolute atomic E-state index is 15.0. The number of nitrogens with zero attached hydrogens (tertiary/aromatic N) is 4. The van der Waals surface area contributed by atoms with Crippen molar-refractivity contribution in [3.63, 3.8) is 0 Å². The lowest BCUT2D eigenvalue weighted by Crippen LogP contribution is -2.23. The third-order valence-corrected chi connectivity index (χ3v) is 6.31. The van der Waals surface area contributed by atoms with Gasteiger partial charge in [-0.1, -0.05) is 24.3 Å². The summed E-state index contributed by atoms with van der Waals surface area (Å²) in [6, 6.07) is 16.4. The molecule has 5 aromatic rings. The minimum atomic E-state index is -0.678. The molecule has 0 saturated carbocycles. The SMILES string of the molecule is CC(=O)c1ccn2nccc(Oc3ccc(CC(=O)c4c(C)n(C)n(-c5ccccc5)c4=O)cc3F)c12. The topological polar surface area (TPSA) is 87.6 Å². The van der Waals surface area contributed by atoms with Crippen LogP contribution in [0.2, 0.25) is 0 Å². The number of rotatable bonds is 7. The monoisotopic (exact) mass is 498 g/mol. The highest BCUT2D eigenvalue weighted by atomic mass is 19.1. The number of benzene rings is 2. The van der Waals surface area contributed by atoms with Gasteiger partial charge in [-0.25, -0.2) is 13.6 Å². The van der Waals surface area contributed by atoms with Gasteiger partial charge in [0.2, 0.25) is 0 Å². The number of para-hydroxylation sites is 1. The van der Waals surface area contributed by atoms with E-state index in [9.17, 15) is 14.4 Å². The normalized spacial score (nSPS) is 11.1. The highest BCUT2D eigenvalue weighted by Gasteiger charge is 2.23. The van der Waals surface area contributed by atoms with Gasteiger partial charge in [0.1, 0.15) is 11.1 Å². The van der Waals surface area contributed by atoms with Gasteiger partial charge >= 0.3 is 0 Å². The number of fused-ring (bicyclic) bond motifs is 1. The van der Waals surface area contributed by atoms with E-state index in [1.165, 1.54) is 34.5 Å². The first-order chi connectivity index (χ1) is 17.8. The Balaban J connectivity index is 1.42. The smallest absolute Gasteiger partial charge is 0.282 e. The molecule has 3 aromatic heterocycles. The second kappa shape index (κ2) is 9.34. The molecular formula is C28H23FN4O4. The number of hydrogen-bond donors (Lipinski definition) is 0. The average molecular weight is 499 g/mol. The van der Waals surface area contributed by atoms with Gasteiger partial charge in [-0.05, 0) is 49.7 Å². The molecule has 0 aliphatic rings. The molecular weight excluding hydrogens is 475 g/mol. The highest BCUT2D eigenvalue weighted by Crippen LogP contribution is 2.31. The van der Waals surface area contributed by atoms with Crippen LogP contribution in [0.1, 0.15) is 38.9 Å². The fraction of sp³-hybridized carbons (Fsp3) is 0.143. The zero-order valence-electron chi connectivity index (χ0n) is 20.4. The van der Waals surface area contributed by atoms with Crippen molar-refractivity contribution in [1.29, 1.82) is 0 Å². The first kappa shape index (κ1) is 23.9. The Bertz CT molecular complexity index is 1730. The van der Waals surface area contributed by atoms with Crippen LogP contribution >= 0.6 is 0 Å². The van der Waals surface area contributed by atoms with Gasteiger partial charge in [0.15, 0.2) is 28.9 Å². The maximum Gasteiger partial charge on any atom is 0.282 e. The van der Waals surface area contributed by atoms with Crippen LogP contribution in [-0.2, 0) is 13.5 Å². The quantitative estimate of drug-likeness (QED) is 0.304. The van der Waals surface area contributed by atoms with Gasteiger partial charge in [0.25, 0.3) is 5.56 Å². The summed E-state index contributed by atoms with van der Waals surface area (Å²) in [5.74, 6) is -1.05. The van der Waals surface area contributed by atoms with Gasteiger partial charge in [-0.3, -0.25) is 19.1 Å². The van der Waals surface area contributed by atoms with Gasteiger partial charge in [-0.15, -0.1) is 0 Å². The highest BCUT2D eigenvalue weighted by molar-refractivity contribution is 6.02. The van der Waals surface area contributed by atoms with Crippen molar-refractivity contribution < 1.29 is 18.7 Å². The largest absolute Gasteiger partial charge is 0.452 e. The minimum absolute atomic E-state index is 0.0660. The fourth-order valence-corrected chi connectivity index (χ4v) is 4.40. The van der Waals surface area contributed by atoms with Gasteiger partial charge in [0, 0.05) is 37.0 Å². The average Bonchev–Trinajstić information content (AvgIpc) is 3.41. The van der Waals surface area contributed by atoms with Crippen molar-refractivity contribution in [1.82, 2.24) is 19.0 Å². The lowest BCUT2D eigenvalue weighted by atomic mass is 10.0. The summed E-state index contributed by atoms with van der Waals surface area (Å²) < 4.78 is 25.4. The van der Waals surface area contributed by atoms with E-state index in [1.807, 2.05) is 18.2 Å². The fourth-order valence-electron chi connectivity index (χ4n) is 4.40. The molecule has 0 aliphatic heterocycles. The predicted molar refractivity (Wildman–Crippen MR) is 135 cm³/mol. The zero-order valence-corrected chi connectivity index (χ0v) is 20.4. The Morgan fingerprint density at radius 3 is 2.49 bits per heavy atom. The predicted octanol–water partition coefficient (Wildman–Crippen LogP) is 4.69. The van der Waals surface area contributed by atoms with Crippen molar-refractivity contribution in [3.05, 3.63) is 112 Å². The van der Waals surface area contributed by atoms with Crippen LogP contribution in [0.5, 0.6) is 11.5 Å². The summed E-state index contributed by atoms with van der Waals surface area (Å²) in [5.41, 5.74) is 2.05. The van der Waals surface area contributed by atoms with Crippen LogP contribution in [0.3, 0.4) is 0 Å². The number of ketones is 2. The first-order valence-corrected chi connectivity index (χ1v) is 11.6. The summed E-state index contributed by atoms with van der Waals surface area (Å²) in [4.78, 5) is 38.2. The van der Waals surface area contributed by atoms with E-state index in [2.05, 4.69) is 5.10 Å². The van der Waals surface area contributed by atoms with Crippen LogP contribution in [-0.4, -0.2) is 30.5 Å². The van der Waals surface area contributed by atoms with Crippen LogP contribution in [0.4, 0.5) is 4.39 Å². The van der Waals surface area contributed by atoms with Gasteiger partial charge < -0.3 is 4.74 Å². The van der Waals surface area contributed by atoms with E-state index in [4.69, 9.17) is 4.74 Å². The molecule has 0 atom stereocenters. The van der Waals surface area contributed by atoms with Crippen molar-refractivity contribution in [2.45, 2.75) is 20.3 Å². The van der Waals surface area contributed by atoms with E-state index >= 15 is 4.39 Å². The Kier molecular flexibility index (Phi) is 6.04. The summed E-state index contributed by atoms with van der Waals surface area (Å²) in [6.07, 6.45) is 2.96. The Hall–Kier alpha value is -4.79. The van der Waals surface area contributed by atoms with Crippen molar-refractivity contribution in [2.24, 2.45) is 7.05 Å². The number of Topliss-reactive ketones (excluding diaryl/α,β-unsaturated/α-hetero) is 2. The number of carbonyl (C=O) groups excluding carboxylic acids is 2. The van der Waals surface area contributed by atoms with E-state index in [1.54, 1.807) is 55.2 Å². The number of carbonyl (C=O) groups is 2. The molecule has 0 radical (unpaired) electrons. The summed E-state index contributed by atoms with van der Waals surface area (Å²) in [6.45, 7) is 3.14. The zero-order chi connectivity index (χ0) is 26.3. The molecule has 186 valence electrons. The number of hydrogen-bond acceptors (Lipinski definition) is 5. The molecule has 0 N–H and O–H groups in total. The Labute approximate surface area is 211 Å². The molecule has 0 bridgehead atoms. The molecule has 0 fully saturated rings. The van der Waals surface area contributed by atoms with E-state index in [0.29, 0.717) is 28.0 Å². The van der Waals surface area contributed by atoms with E-state index < -0.39 is 17.2 Å². The van der Waals surface area contributed by atoms with Crippen LogP contribution in [0.25, 0.3) is 11.2 Å². The Morgan fingerprint density at radius 1 is 1.03 bits per heavy atom. The van der Waals surface area contributed by atoms with Crippen LogP contribution in [0.15, 0.2) is 77.9 Å². The Morgan fingerprint density at radius 2 is 1.78 bits per heavy atom. The lowest BCUT2D eigenvalue weighted by molar-refractivity contribution is 0.0988. The number of halogens is 1. The second-order valence-corrected chi connectivity index (χ2v) is 8.68. The summed E-state index contributed by atoms with van der Waals surface area (Å²) in [5, 5.41) is 4.15. The van der Waals surface area contributed by atoms with E-state index in [-0.39, 0.29) is 29.3 Å². The molecule has 0 amide bonds. The molecule has 9 heteroatoms. The molecule has 37 heavy (non-hydrogen) atoms. The minimum Gasteiger partial charge on any atom is -0.452 e. The molecule has 5 rings (SSSR count). The first-order valence-electron chi connectivity index (χ1n) is 11.6. The molecule has 8 nitrogen and oxygen atoms in total. The van der Waals surface area contributed by atoms with Crippen molar-refractivity contribution in [3.8, 4) is 17.2 Å². The van der Waals surface area contributed by atoms with E-state index in [0.717, 1.165) is 0 Å². The van der Waals surface area contributed by atoms with Gasteiger partial charge in [0.05, 0.1) is 11.9 Å². The van der Waals surface area contributed by atoms with Crippen LogP contribution in [0, 0.1) is 12.7 Å². The lowest BCUT2D eigenvalue weighted by Gasteiger charge is -2.10. The summed E-state index contributed by atoms with van der Waals surface area (Å²) in [7, 11) is 1.71. The number of aromatic nitrogens is 4. The standard InChI is InChI=1S/C28H23FN4O4/c1-17-26(28(36)33(31(17)3)20-7-5-4-6-8-20)23(35)16-19-9-10-24(22(29)15-19)37-25-11-13-30-32-14-12-21(18(2)34)27(25)32/h4-15H,16H2,1-3H3. The van der Waals surface area contributed by atoms with Gasteiger partial charge in [-0.2, -0.15) is 5.10 Å².